The summed E-state index contributed by atoms with van der Waals surface area (Å²) < 4.78 is 10.5. The quantitative estimate of drug-likeness (QED) is 0.476. The lowest BCUT2D eigenvalue weighted by atomic mass is 10.1. The van der Waals surface area contributed by atoms with Gasteiger partial charge in [-0.25, -0.2) is 0 Å². The number of para-hydroxylation sites is 2. The Morgan fingerprint density at radius 1 is 0.966 bits per heavy atom. The number of benzene rings is 2. The average molecular weight is 396 g/mol. The van der Waals surface area contributed by atoms with Crippen LogP contribution in [0.2, 0.25) is 0 Å². The second-order valence-electron chi connectivity index (χ2n) is 6.77. The van der Waals surface area contributed by atoms with Crippen LogP contribution in [0.5, 0.6) is 5.75 Å². The van der Waals surface area contributed by atoms with Crippen LogP contribution in [0.3, 0.4) is 0 Å². The number of amides is 2. The first-order valence-electron chi connectivity index (χ1n) is 9.65. The summed E-state index contributed by atoms with van der Waals surface area (Å²) in [6, 6.07) is 16.3. The highest BCUT2D eigenvalue weighted by Crippen LogP contribution is 2.21. The van der Waals surface area contributed by atoms with E-state index in [2.05, 4.69) is 10.6 Å². The van der Waals surface area contributed by atoms with Crippen molar-refractivity contribution in [3.8, 4) is 5.75 Å². The van der Waals surface area contributed by atoms with Crippen molar-refractivity contribution < 1.29 is 23.9 Å². The lowest BCUT2D eigenvalue weighted by Gasteiger charge is -2.11. The monoisotopic (exact) mass is 396 g/mol. The fourth-order valence-electron chi connectivity index (χ4n) is 2.61. The highest BCUT2D eigenvalue weighted by molar-refractivity contribution is 6.04. The summed E-state index contributed by atoms with van der Waals surface area (Å²) in [6.45, 7) is -0.0221. The molecule has 2 aromatic rings. The van der Waals surface area contributed by atoms with Crippen LogP contribution in [0.25, 0.3) is 0 Å². The SMILES string of the molecule is O=C(COC(=O)CCCOc1ccccc1)Nc1ccccc1C(=O)NC1CC1. The Bertz CT molecular complexity index is 849. The van der Waals surface area contributed by atoms with Crippen LogP contribution in [0.15, 0.2) is 54.6 Å². The Kier molecular flexibility index (Phi) is 7.22. The fraction of sp³-hybridized carbons (Fsp3) is 0.318. The van der Waals surface area contributed by atoms with Gasteiger partial charge in [-0.1, -0.05) is 30.3 Å². The largest absolute Gasteiger partial charge is 0.494 e. The molecule has 1 aliphatic rings. The van der Waals surface area contributed by atoms with E-state index in [4.69, 9.17) is 9.47 Å². The molecule has 0 spiro atoms. The molecule has 7 heteroatoms. The molecule has 0 atom stereocenters. The van der Waals surface area contributed by atoms with Crippen LogP contribution in [0, 0.1) is 0 Å². The summed E-state index contributed by atoms with van der Waals surface area (Å²) in [7, 11) is 0. The van der Waals surface area contributed by atoms with Gasteiger partial charge in [0, 0.05) is 12.5 Å². The molecule has 0 bridgehead atoms. The number of anilines is 1. The van der Waals surface area contributed by atoms with Crippen molar-refractivity contribution in [1.82, 2.24) is 5.32 Å². The first kappa shape index (κ1) is 20.4. The van der Waals surface area contributed by atoms with Gasteiger partial charge in [0.25, 0.3) is 11.8 Å². The Labute approximate surface area is 169 Å². The first-order valence-corrected chi connectivity index (χ1v) is 9.65. The summed E-state index contributed by atoms with van der Waals surface area (Å²) >= 11 is 0. The zero-order chi connectivity index (χ0) is 20.5. The number of carbonyl (C=O) groups excluding carboxylic acids is 3. The number of hydrogen-bond acceptors (Lipinski definition) is 5. The van der Waals surface area contributed by atoms with E-state index in [0.29, 0.717) is 24.3 Å². The number of carbonyl (C=O) groups is 3. The van der Waals surface area contributed by atoms with Gasteiger partial charge in [0.15, 0.2) is 6.61 Å². The Morgan fingerprint density at radius 3 is 2.45 bits per heavy atom. The second kappa shape index (κ2) is 10.3. The molecule has 2 aromatic carbocycles. The minimum Gasteiger partial charge on any atom is -0.494 e. The number of hydrogen-bond donors (Lipinski definition) is 2. The van der Waals surface area contributed by atoms with Gasteiger partial charge >= 0.3 is 5.97 Å². The lowest BCUT2D eigenvalue weighted by molar-refractivity contribution is -0.147. The topological polar surface area (TPSA) is 93.7 Å². The maximum absolute atomic E-state index is 12.3. The van der Waals surface area contributed by atoms with Crippen molar-refractivity contribution in [2.24, 2.45) is 0 Å². The lowest BCUT2D eigenvalue weighted by Crippen LogP contribution is -2.28. The number of esters is 1. The molecule has 2 N–H and O–H groups in total. The molecule has 0 saturated heterocycles. The van der Waals surface area contributed by atoms with Crippen molar-refractivity contribution in [3.05, 3.63) is 60.2 Å². The third kappa shape index (κ3) is 6.95. The smallest absolute Gasteiger partial charge is 0.306 e. The second-order valence-corrected chi connectivity index (χ2v) is 6.77. The molecule has 1 fully saturated rings. The van der Waals surface area contributed by atoms with E-state index in [0.717, 1.165) is 18.6 Å². The standard InChI is InChI=1S/C22H24N2O5/c25-20(15-29-21(26)11-6-14-28-17-7-2-1-3-8-17)24-19-10-5-4-9-18(19)22(27)23-16-12-13-16/h1-5,7-10,16H,6,11-15H2,(H,23,27)(H,24,25). The Hall–Kier alpha value is -3.35. The maximum Gasteiger partial charge on any atom is 0.306 e. The zero-order valence-electron chi connectivity index (χ0n) is 16.1. The highest BCUT2D eigenvalue weighted by atomic mass is 16.5. The van der Waals surface area contributed by atoms with Crippen molar-refractivity contribution >= 4 is 23.5 Å². The van der Waals surface area contributed by atoms with Crippen LogP contribution in [-0.2, 0) is 14.3 Å². The zero-order valence-corrected chi connectivity index (χ0v) is 16.1. The number of nitrogens with one attached hydrogen (secondary N) is 2. The molecule has 0 heterocycles. The summed E-state index contributed by atoms with van der Waals surface area (Å²) in [5.74, 6) is -0.453. The molecule has 2 amide bonds. The predicted molar refractivity (Wildman–Crippen MR) is 108 cm³/mol. The van der Waals surface area contributed by atoms with Crippen molar-refractivity contribution in [1.29, 1.82) is 0 Å². The van der Waals surface area contributed by atoms with Gasteiger partial charge in [-0.3, -0.25) is 14.4 Å². The molecule has 1 aliphatic carbocycles. The minimum atomic E-state index is -0.495. The van der Waals surface area contributed by atoms with E-state index in [1.165, 1.54) is 0 Å². The summed E-state index contributed by atoms with van der Waals surface area (Å²) in [5, 5.41) is 5.51. The minimum absolute atomic E-state index is 0.153. The summed E-state index contributed by atoms with van der Waals surface area (Å²) in [6.07, 6.45) is 2.60. The third-order valence-corrected chi connectivity index (χ3v) is 4.26. The van der Waals surface area contributed by atoms with E-state index in [9.17, 15) is 14.4 Å². The van der Waals surface area contributed by atoms with Gasteiger partial charge in [0.2, 0.25) is 0 Å². The van der Waals surface area contributed by atoms with Crippen LogP contribution in [0.4, 0.5) is 5.69 Å². The van der Waals surface area contributed by atoms with E-state index in [-0.39, 0.29) is 18.4 Å². The van der Waals surface area contributed by atoms with E-state index in [1.807, 2.05) is 30.3 Å². The normalized spacial score (nSPS) is 12.7. The number of rotatable bonds is 10. The first-order chi connectivity index (χ1) is 14.1. The van der Waals surface area contributed by atoms with E-state index >= 15 is 0 Å². The molecule has 7 nitrogen and oxygen atoms in total. The molecule has 29 heavy (non-hydrogen) atoms. The van der Waals surface area contributed by atoms with Gasteiger partial charge < -0.3 is 20.1 Å². The molecule has 0 aromatic heterocycles. The maximum atomic E-state index is 12.3. The predicted octanol–water partition coefficient (Wildman–Crippen LogP) is 2.92. The van der Waals surface area contributed by atoms with Crippen LogP contribution in [-0.4, -0.2) is 37.0 Å². The molecular formula is C22H24N2O5. The Balaban J connectivity index is 1.37. The van der Waals surface area contributed by atoms with Gasteiger partial charge in [0.1, 0.15) is 5.75 Å². The molecule has 0 unspecified atom stereocenters. The molecule has 0 aliphatic heterocycles. The third-order valence-electron chi connectivity index (χ3n) is 4.26. The fourth-order valence-corrected chi connectivity index (χ4v) is 2.61. The molecular weight excluding hydrogens is 372 g/mol. The van der Waals surface area contributed by atoms with Crippen LogP contribution >= 0.6 is 0 Å². The highest BCUT2D eigenvalue weighted by Gasteiger charge is 2.25. The van der Waals surface area contributed by atoms with Gasteiger partial charge in [-0.15, -0.1) is 0 Å². The molecule has 152 valence electrons. The van der Waals surface area contributed by atoms with Crippen LogP contribution < -0.4 is 15.4 Å². The molecule has 0 radical (unpaired) electrons. The summed E-state index contributed by atoms with van der Waals surface area (Å²) in [4.78, 5) is 36.1. The van der Waals surface area contributed by atoms with E-state index in [1.54, 1.807) is 24.3 Å². The van der Waals surface area contributed by atoms with Crippen molar-refractivity contribution in [2.45, 2.75) is 31.7 Å². The van der Waals surface area contributed by atoms with Crippen LogP contribution in [0.1, 0.15) is 36.0 Å². The number of ether oxygens (including phenoxy) is 2. The van der Waals surface area contributed by atoms with E-state index < -0.39 is 18.5 Å². The summed E-state index contributed by atoms with van der Waals surface area (Å²) in [5.41, 5.74) is 0.778. The Morgan fingerprint density at radius 2 is 1.69 bits per heavy atom. The van der Waals surface area contributed by atoms with Gasteiger partial charge in [-0.2, -0.15) is 0 Å². The van der Waals surface area contributed by atoms with Crippen molar-refractivity contribution in [2.75, 3.05) is 18.5 Å². The molecule has 1 saturated carbocycles. The van der Waals surface area contributed by atoms with Gasteiger partial charge in [-0.05, 0) is 43.5 Å². The average Bonchev–Trinajstić information content (AvgIpc) is 3.55. The van der Waals surface area contributed by atoms with Gasteiger partial charge in [0.05, 0.1) is 17.9 Å². The molecule has 3 rings (SSSR count). The van der Waals surface area contributed by atoms with Crippen molar-refractivity contribution in [3.63, 3.8) is 0 Å².